The molecular formula is C20H17N3O4S. The van der Waals surface area contributed by atoms with Crippen LogP contribution in [0.3, 0.4) is 0 Å². The van der Waals surface area contributed by atoms with Gasteiger partial charge in [-0.15, -0.1) is 0 Å². The van der Waals surface area contributed by atoms with Gasteiger partial charge in [0.15, 0.2) is 6.10 Å². The smallest absolute Gasteiger partial charge is 0.307 e. The van der Waals surface area contributed by atoms with Crippen molar-refractivity contribution >= 4 is 34.0 Å². The third-order valence-corrected chi connectivity index (χ3v) is 5.01. The lowest BCUT2D eigenvalue weighted by Crippen LogP contribution is -2.24. The second-order valence-corrected chi connectivity index (χ2v) is 7.05. The molecule has 0 saturated carbocycles. The topological polar surface area (TPSA) is 98.1 Å². The Morgan fingerprint density at radius 2 is 2.14 bits per heavy atom. The maximum Gasteiger partial charge on any atom is 0.307 e. The van der Waals surface area contributed by atoms with E-state index in [2.05, 4.69) is 15.1 Å². The molecule has 1 atom stereocenters. The van der Waals surface area contributed by atoms with E-state index in [9.17, 15) is 9.59 Å². The molecule has 0 fully saturated rings. The number of Topliss-reactive ketones (excluding diaryl/α,β-unsaturated/α-hetero) is 1. The zero-order chi connectivity index (χ0) is 19.5. The average molecular weight is 395 g/mol. The number of thiophene rings is 1. The van der Waals surface area contributed by atoms with Crippen LogP contribution in [-0.2, 0) is 16.0 Å². The Morgan fingerprint density at radius 3 is 2.96 bits per heavy atom. The summed E-state index contributed by atoms with van der Waals surface area (Å²) >= 11 is 1.54. The predicted octanol–water partition coefficient (Wildman–Crippen LogP) is 4.03. The van der Waals surface area contributed by atoms with Gasteiger partial charge in [-0.25, -0.2) is 0 Å². The van der Waals surface area contributed by atoms with E-state index in [0.29, 0.717) is 17.3 Å². The number of hydrogen-bond acceptors (Lipinski definition) is 7. The van der Waals surface area contributed by atoms with E-state index in [1.165, 1.54) is 0 Å². The molecule has 4 rings (SSSR count). The maximum atomic E-state index is 12.6. The molecule has 0 spiro atoms. The second-order valence-electron chi connectivity index (χ2n) is 6.27. The summed E-state index contributed by atoms with van der Waals surface area (Å²) in [6, 6.07) is 9.38. The number of rotatable bonds is 7. The fraction of sp³-hybridized carbons (Fsp3) is 0.200. The molecule has 0 bridgehead atoms. The highest BCUT2D eigenvalue weighted by molar-refractivity contribution is 7.08. The molecule has 0 radical (unpaired) electrons. The summed E-state index contributed by atoms with van der Waals surface area (Å²) in [5.74, 6) is 0.112. The summed E-state index contributed by atoms with van der Waals surface area (Å²) in [5.41, 5.74) is 2.25. The zero-order valence-electron chi connectivity index (χ0n) is 15.0. The highest BCUT2D eigenvalue weighted by atomic mass is 32.1. The number of ether oxygens (including phenoxy) is 1. The minimum Gasteiger partial charge on any atom is -0.454 e. The lowest BCUT2D eigenvalue weighted by atomic mass is 10.1. The van der Waals surface area contributed by atoms with Crippen molar-refractivity contribution in [3.05, 3.63) is 58.7 Å². The van der Waals surface area contributed by atoms with E-state index >= 15 is 0 Å². The van der Waals surface area contributed by atoms with Crippen LogP contribution in [0.1, 0.15) is 29.6 Å². The second kappa shape index (κ2) is 7.77. The molecule has 0 unspecified atom stereocenters. The molecule has 1 aromatic carbocycles. The van der Waals surface area contributed by atoms with Gasteiger partial charge in [-0.05, 0) is 24.4 Å². The van der Waals surface area contributed by atoms with Crippen LogP contribution >= 0.6 is 11.3 Å². The Balaban J connectivity index is 1.34. The van der Waals surface area contributed by atoms with Crippen LogP contribution in [0, 0.1) is 0 Å². The van der Waals surface area contributed by atoms with Crippen LogP contribution in [0.15, 0.2) is 51.8 Å². The van der Waals surface area contributed by atoms with E-state index in [1.807, 2.05) is 41.1 Å². The number of H-pyrrole nitrogens is 1. The number of carbonyl (C=O) groups is 2. The van der Waals surface area contributed by atoms with E-state index in [1.54, 1.807) is 24.5 Å². The van der Waals surface area contributed by atoms with Gasteiger partial charge in [0.2, 0.25) is 17.5 Å². The van der Waals surface area contributed by atoms with Crippen molar-refractivity contribution in [2.45, 2.75) is 25.9 Å². The third kappa shape index (κ3) is 3.72. The molecule has 0 saturated heterocycles. The summed E-state index contributed by atoms with van der Waals surface area (Å²) in [4.78, 5) is 32.1. The number of hydrogen-bond donors (Lipinski definition) is 1. The highest BCUT2D eigenvalue weighted by Crippen LogP contribution is 2.21. The number of nitrogens with zero attached hydrogens (tertiary/aromatic N) is 2. The number of aryl methyl sites for hydroxylation is 1. The maximum absolute atomic E-state index is 12.6. The Hall–Kier alpha value is -3.26. The first-order valence-corrected chi connectivity index (χ1v) is 9.71. The summed E-state index contributed by atoms with van der Waals surface area (Å²) in [7, 11) is 0. The molecule has 0 aliphatic heterocycles. The Labute approximate surface area is 164 Å². The molecular weight excluding hydrogens is 378 g/mol. The van der Waals surface area contributed by atoms with Gasteiger partial charge in [0.1, 0.15) is 0 Å². The lowest BCUT2D eigenvalue weighted by Gasteiger charge is -2.11. The molecule has 4 aromatic rings. The molecule has 3 aromatic heterocycles. The first-order valence-electron chi connectivity index (χ1n) is 8.77. The van der Waals surface area contributed by atoms with Crippen LogP contribution < -0.4 is 0 Å². The molecule has 142 valence electrons. The third-order valence-electron chi connectivity index (χ3n) is 4.32. The van der Waals surface area contributed by atoms with Crippen molar-refractivity contribution in [2.75, 3.05) is 0 Å². The van der Waals surface area contributed by atoms with E-state index in [4.69, 9.17) is 9.26 Å². The molecule has 3 heterocycles. The van der Waals surface area contributed by atoms with E-state index in [-0.39, 0.29) is 18.6 Å². The quantitative estimate of drug-likeness (QED) is 0.375. The number of esters is 1. The van der Waals surface area contributed by atoms with Gasteiger partial charge in [-0.2, -0.15) is 16.3 Å². The van der Waals surface area contributed by atoms with Crippen molar-refractivity contribution in [1.29, 1.82) is 0 Å². The number of aromatic nitrogens is 3. The zero-order valence-corrected chi connectivity index (χ0v) is 15.9. The fourth-order valence-corrected chi connectivity index (χ4v) is 3.51. The van der Waals surface area contributed by atoms with Gasteiger partial charge in [0, 0.05) is 40.0 Å². The van der Waals surface area contributed by atoms with Gasteiger partial charge in [-0.1, -0.05) is 23.4 Å². The van der Waals surface area contributed by atoms with Gasteiger partial charge in [0.05, 0.1) is 6.42 Å². The van der Waals surface area contributed by atoms with Gasteiger partial charge in [0.25, 0.3) is 0 Å². The fourth-order valence-electron chi connectivity index (χ4n) is 2.88. The number of aromatic amines is 1. The first kappa shape index (κ1) is 18.1. The molecule has 0 aliphatic carbocycles. The van der Waals surface area contributed by atoms with Crippen molar-refractivity contribution in [3.8, 4) is 11.4 Å². The van der Waals surface area contributed by atoms with Crippen LogP contribution in [-0.4, -0.2) is 33.0 Å². The van der Waals surface area contributed by atoms with Crippen LogP contribution in [0.2, 0.25) is 0 Å². The van der Waals surface area contributed by atoms with Gasteiger partial charge in [-0.3, -0.25) is 9.59 Å². The normalized spacial score (nSPS) is 12.2. The number of para-hydroxylation sites is 1. The van der Waals surface area contributed by atoms with Crippen molar-refractivity contribution < 1.29 is 18.8 Å². The van der Waals surface area contributed by atoms with Gasteiger partial charge >= 0.3 is 5.97 Å². The first-order chi connectivity index (χ1) is 13.6. The largest absolute Gasteiger partial charge is 0.454 e. The minimum absolute atomic E-state index is 0.0524. The molecule has 7 nitrogen and oxygen atoms in total. The Morgan fingerprint density at radius 1 is 1.29 bits per heavy atom. The predicted molar refractivity (Wildman–Crippen MR) is 104 cm³/mol. The number of benzene rings is 1. The molecule has 8 heteroatoms. The lowest BCUT2D eigenvalue weighted by molar-refractivity contribution is -0.146. The van der Waals surface area contributed by atoms with Crippen molar-refractivity contribution in [3.63, 3.8) is 0 Å². The summed E-state index contributed by atoms with van der Waals surface area (Å²) in [6.45, 7) is 1.57. The molecule has 0 amide bonds. The SMILES string of the molecule is C[C@H](OC(=O)CCc1nc(-c2ccsc2)no1)C(=O)c1c[nH]c2ccccc12. The highest BCUT2D eigenvalue weighted by Gasteiger charge is 2.22. The number of nitrogens with one attached hydrogen (secondary N) is 1. The summed E-state index contributed by atoms with van der Waals surface area (Å²) < 4.78 is 10.5. The Bertz CT molecular complexity index is 1110. The molecule has 28 heavy (non-hydrogen) atoms. The molecule has 1 N–H and O–H groups in total. The summed E-state index contributed by atoms with van der Waals surface area (Å²) in [6.07, 6.45) is 1.07. The van der Waals surface area contributed by atoms with Crippen LogP contribution in [0.4, 0.5) is 0 Å². The van der Waals surface area contributed by atoms with Crippen molar-refractivity contribution in [2.24, 2.45) is 0 Å². The van der Waals surface area contributed by atoms with Crippen LogP contribution in [0.5, 0.6) is 0 Å². The molecule has 0 aliphatic rings. The average Bonchev–Trinajstić information content (AvgIpc) is 3.45. The number of carbonyl (C=O) groups excluding carboxylic acids is 2. The monoisotopic (exact) mass is 395 g/mol. The number of ketones is 1. The summed E-state index contributed by atoms with van der Waals surface area (Å²) in [5, 5.41) is 8.55. The Kier molecular flexibility index (Phi) is 5.03. The van der Waals surface area contributed by atoms with Gasteiger partial charge < -0.3 is 14.2 Å². The minimum atomic E-state index is -0.879. The standard InChI is InChI=1S/C20H17N3O4S/c1-12(19(25)15-10-21-16-5-3-2-4-14(15)16)26-18(24)7-6-17-22-20(23-27-17)13-8-9-28-11-13/h2-5,8-12,21H,6-7H2,1H3/t12-/m0/s1. The van der Waals surface area contributed by atoms with E-state index in [0.717, 1.165) is 16.5 Å². The van der Waals surface area contributed by atoms with Crippen molar-refractivity contribution in [1.82, 2.24) is 15.1 Å². The van der Waals surface area contributed by atoms with Crippen LogP contribution in [0.25, 0.3) is 22.3 Å². The van der Waals surface area contributed by atoms with E-state index < -0.39 is 12.1 Å². The number of fused-ring (bicyclic) bond motifs is 1.